The minimum Gasteiger partial charge on any atom is -0.361 e. The predicted octanol–water partition coefficient (Wildman–Crippen LogP) is 6.13. The summed E-state index contributed by atoms with van der Waals surface area (Å²) in [7, 11) is 0. The Balaban J connectivity index is 1.36. The van der Waals surface area contributed by atoms with E-state index in [1.54, 1.807) is 0 Å². The van der Waals surface area contributed by atoms with Gasteiger partial charge in [-0.15, -0.1) is 0 Å². The summed E-state index contributed by atoms with van der Waals surface area (Å²) >= 11 is 6.46. The van der Waals surface area contributed by atoms with Gasteiger partial charge in [0.1, 0.15) is 0 Å². The van der Waals surface area contributed by atoms with Gasteiger partial charge in [0, 0.05) is 35.6 Å². The first-order chi connectivity index (χ1) is 13.4. The van der Waals surface area contributed by atoms with Crippen LogP contribution < -0.4 is 0 Å². The Kier molecular flexibility index (Phi) is 4.32. The molecule has 1 aromatic heterocycles. The number of amides is 1. The number of aromatic amines is 1. The number of hydrogen-bond acceptors (Lipinski definition) is 1. The van der Waals surface area contributed by atoms with E-state index < -0.39 is 0 Å². The van der Waals surface area contributed by atoms with Crippen LogP contribution >= 0.6 is 11.6 Å². The summed E-state index contributed by atoms with van der Waals surface area (Å²) in [5.41, 5.74) is 2.71. The number of piperidine rings is 2. The molecule has 3 unspecified atom stereocenters. The van der Waals surface area contributed by atoms with E-state index in [0.717, 1.165) is 33.3 Å². The summed E-state index contributed by atoms with van der Waals surface area (Å²) in [6.07, 6.45) is 8.89. The zero-order valence-corrected chi connectivity index (χ0v) is 17.9. The van der Waals surface area contributed by atoms with Crippen molar-refractivity contribution in [3.63, 3.8) is 0 Å². The van der Waals surface area contributed by atoms with Gasteiger partial charge in [-0.3, -0.25) is 4.79 Å². The molecular weight excluding hydrogens is 368 g/mol. The minimum atomic E-state index is 0.164. The lowest BCUT2D eigenvalue weighted by Crippen LogP contribution is -2.64. The maximum absolute atomic E-state index is 13.4. The molecule has 0 radical (unpaired) electrons. The van der Waals surface area contributed by atoms with Crippen molar-refractivity contribution in [3.05, 3.63) is 35.0 Å². The van der Waals surface area contributed by atoms with Gasteiger partial charge in [-0.05, 0) is 73.0 Å². The highest BCUT2D eigenvalue weighted by atomic mass is 35.5. The number of nitrogens with one attached hydrogen (secondary N) is 1. The van der Waals surface area contributed by atoms with Crippen molar-refractivity contribution in [2.75, 3.05) is 0 Å². The first kappa shape index (κ1) is 18.5. The molecule has 2 saturated heterocycles. The van der Waals surface area contributed by atoms with E-state index in [1.165, 1.54) is 32.1 Å². The highest BCUT2D eigenvalue weighted by molar-refractivity contribution is 6.35. The molecule has 3 heterocycles. The van der Waals surface area contributed by atoms with Crippen LogP contribution in [0.2, 0.25) is 5.02 Å². The molecule has 1 amide bonds. The number of halogens is 1. The van der Waals surface area contributed by atoms with E-state index in [9.17, 15) is 4.79 Å². The lowest BCUT2D eigenvalue weighted by Gasteiger charge is -2.63. The monoisotopic (exact) mass is 398 g/mol. The third-order valence-electron chi connectivity index (χ3n) is 8.19. The molecular formula is C24H31ClN2O. The van der Waals surface area contributed by atoms with Crippen molar-refractivity contribution in [2.24, 2.45) is 17.3 Å². The number of H-pyrrole nitrogens is 1. The van der Waals surface area contributed by atoms with E-state index >= 15 is 0 Å². The number of hydrogen-bond donors (Lipinski definition) is 1. The quantitative estimate of drug-likeness (QED) is 0.660. The lowest BCUT2D eigenvalue weighted by atomic mass is 9.52. The third kappa shape index (κ3) is 2.73. The van der Waals surface area contributed by atoms with Crippen molar-refractivity contribution in [1.82, 2.24) is 9.88 Å². The van der Waals surface area contributed by atoms with Crippen molar-refractivity contribution in [2.45, 2.75) is 77.3 Å². The van der Waals surface area contributed by atoms with Gasteiger partial charge in [-0.1, -0.05) is 38.4 Å². The molecule has 2 aliphatic heterocycles. The number of carbonyl (C=O) groups excluding carboxylic acids is 1. The van der Waals surface area contributed by atoms with Crippen LogP contribution in [0.4, 0.5) is 0 Å². The molecule has 28 heavy (non-hydrogen) atoms. The second-order valence-electron chi connectivity index (χ2n) is 10.1. The first-order valence-corrected chi connectivity index (χ1v) is 11.3. The molecule has 4 bridgehead atoms. The summed E-state index contributed by atoms with van der Waals surface area (Å²) in [6, 6.07) is 6.89. The van der Waals surface area contributed by atoms with Crippen LogP contribution in [0.5, 0.6) is 0 Å². The zero-order valence-electron chi connectivity index (χ0n) is 17.2. The summed E-state index contributed by atoms with van der Waals surface area (Å²) in [5.74, 6) is 2.08. The summed E-state index contributed by atoms with van der Waals surface area (Å²) in [5, 5.41) is 1.84. The molecule has 4 fully saturated rings. The average Bonchev–Trinajstić information content (AvgIpc) is 3.06. The van der Waals surface area contributed by atoms with Gasteiger partial charge in [-0.25, -0.2) is 0 Å². The Bertz CT molecular complexity index is 900. The van der Waals surface area contributed by atoms with Crippen molar-refractivity contribution < 1.29 is 4.79 Å². The molecule has 150 valence electrons. The van der Waals surface area contributed by atoms with E-state index in [-0.39, 0.29) is 5.92 Å². The number of rotatable bonds is 4. The number of benzene rings is 1. The topological polar surface area (TPSA) is 36.1 Å². The SMILES string of the molecule is CC(CC(=O)N1C2CC3CC1CC(C(C)C)(C3)C2)c1c[nH]c2cccc(Cl)c12. The molecule has 1 aromatic carbocycles. The molecule has 4 aliphatic rings. The molecule has 2 saturated carbocycles. The molecule has 1 N–H and O–H groups in total. The largest absolute Gasteiger partial charge is 0.361 e. The maximum atomic E-state index is 13.4. The normalized spacial score (nSPS) is 32.5. The Labute approximate surface area is 172 Å². The average molecular weight is 399 g/mol. The van der Waals surface area contributed by atoms with Gasteiger partial charge in [-0.2, -0.15) is 0 Å². The molecule has 0 spiro atoms. The predicted molar refractivity (Wildman–Crippen MR) is 115 cm³/mol. The number of carbonyl (C=O) groups is 1. The van der Waals surface area contributed by atoms with Gasteiger partial charge in [0.2, 0.25) is 5.91 Å². The van der Waals surface area contributed by atoms with Crippen LogP contribution in [0.3, 0.4) is 0 Å². The van der Waals surface area contributed by atoms with E-state index in [0.29, 0.717) is 29.8 Å². The van der Waals surface area contributed by atoms with Crippen LogP contribution in [0.1, 0.15) is 70.8 Å². The van der Waals surface area contributed by atoms with Gasteiger partial charge in [0.25, 0.3) is 0 Å². The Morgan fingerprint density at radius 2 is 1.93 bits per heavy atom. The Morgan fingerprint density at radius 1 is 1.21 bits per heavy atom. The Morgan fingerprint density at radius 3 is 2.61 bits per heavy atom. The standard InChI is InChI=1S/C24H31ClN2O/c1-14(2)24-10-16-8-17(11-24)27(18(9-16)12-24)22(28)7-15(3)19-13-26-21-6-4-5-20(25)23(19)21/h4-6,13-18,26H,7-12H2,1-3H3. The molecule has 3 atom stereocenters. The van der Waals surface area contributed by atoms with Crippen LogP contribution in [0, 0.1) is 17.3 Å². The van der Waals surface area contributed by atoms with Crippen molar-refractivity contribution in [3.8, 4) is 0 Å². The number of nitrogens with zero attached hydrogens (tertiary/aromatic N) is 1. The van der Waals surface area contributed by atoms with Gasteiger partial charge in [0.05, 0.1) is 5.02 Å². The minimum absolute atomic E-state index is 0.164. The second kappa shape index (κ2) is 6.52. The second-order valence-corrected chi connectivity index (χ2v) is 10.5. The molecule has 2 aliphatic carbocycles. The molecule has 4 heteroatoms. The summed E-state index contributed by atoms with van der Waals surface area (Å²) < 4.78 is 0. The fourth-order valence-corrected chi connectivity index (χ4v) is 7.11. The van der Waals surface area contributed by atoms with Crippen molar-refractivity contribution >= 4 is 28.4 Å². The maximum Gasteiger partial charge on any atom is 0.223 e. The van der Waals surface area contributed by atoms with Crippen LogP contribution in [-0.2, 0) is 4.79 Å². The highest BCUT2D eigenvalue weighted by Crippen LogP contribution is 2.59. The first-order valence-electron chi connectivity index (χ1n) is 10.9. The third-order valence-corrected chi connectivity index (χ3v) is 8.50. The highest BCUT2D eigenvalue weighted by Gasteiger charge is 2.56. The van der Waals surface area contributed by atoms with Crippen LogP contribution in [-0.4, -0.2) is 27.9 Å². The fourth-order valence-electron chi connectivity index (χ4n) is 6.83. The van der Waals surface area contributed by atoms with Gasteiger partial charge >= 0.3 is 0 Å². The fraction of sp³-hybridized carbons (Fsp3) is 0.625. The van der Waals surface area contributed by atoms with E-state index in [2.05, 4.69) is 30.7 Å². The Hall–Kier alpha value is -1.48. The van der Waals surface area contributed by atoms with E-state index in [4.69, 9.17) is 11.6 Å². The summed E-state index contributed by atoms with van der Waals surface area (Å²) in [6.45, 7) is 6.95. The lowest BCUT2D eigenvalue weighted by molar-refractivity contribution is -0.163. The van der Waals surface area contributed by atoms with Crippen LogP contribution in [0.15, 0.2) is 24.4 Å². The molecule has 2 aromatic rings. The zero-order chi connectivity index (χ0) is 19.6. The van der Waals surface area contributed by atoms with Gasteiger partial charge in [0.15, 0.2) is 0 Å². The van der Waals surface area contributed by atoms with Crippen LogP contribution in [0.25, 0.3) is 10.9 Å². The summed E-state index contributed by atoms with van der Waals surface area (Å²) in [4.78, 5) is 19.0. The number of aromatic nitrogens is 1. The number of fused-ring (bicyclic) bond motifs is 1. The van der Waals surface area contributed by atoms with Gasteiger partial charge < -0.3 is 9.88 Å². The van der Waals surface area contributed by atoms with E-state index in [1.807, 2.05) is 24.4 Å². The smallest absolute Gasteiger partial charge is 0.223 e. The van der Waals surface area contributed by atoms with Crippen molar-refractivity contribution in [1.29, 1.82) is 0 Å². The molecule has 6 rings (SSSR count). The molecule has 3 nitrogen and oxygen atoms in total.